The number of rotatable bonds is 3. The molecule has 1 aromatic carbocycles. The highest BCUT2D eigenvalue weighted by Gasteiger charge is 2.13. The summed E-state index contributed by atoms with van der Waals surface area (Å²) in [6.45, 7) is 1.95. The van der Waals surface area contributed by atoms with E-state index in [0.29, 0.717) is 11.4 Å². The molecule has 2 aromatic rings. The molecule has 98 valence electrons. The Morgan fingerprint density at radius 2 is 2.05 bits per heavy atom. The Labute approximate surface area is 120 Å². The predicted octanol–water partition coefficient (Wildman–Crippen LogP) is 3.45. The number of aryl methyl sites for hydroxylation is 1. The fourth-order valence-electron chi connectivity index (χ4n) is 1.71. The van der Waals surface area contributed by atoms with Gasteiger partial charge in [-0.05, 0) is 40.5 Å². The molecule has 2 rings (SSSR count). The monoisotopic (exact) mass is 319 g/mol. The third-order valence-corrected chi connectivity index (χ3v) is 3.16. The lowest BCUT2D eigenvalue weighted by molar-refractivity contribution is 0.102. The first kappa shape index (κ1) is 13.5. The number of nitrogens with one attached hydrogen (secondary N) is 2. The summed E-state index contributed by atoms with van der Waals surface area (Å²) in [4.78, 5) is 16.4. The van der Waals surface area contributed by atoms with Crippen molar-refractivity contribution in [2.24, 2.45) is 0 Å². The molecule has 0 radical (unpaired) electrons. The second-order valence-corrected chi connectivity index (χ2v) is 4.98. The zero-order valence-corrected chi connectivity index (χ0v) is 12.3. The summed E-state index contributed by atoms with van der Waals surface area (Å²) in [5, 5.41) is 5.80. The van der Waals surface area contributed by atoms with E-state index in [1.807, 2.05) is 31.2 Å². The minimum Gasteiger partial charge on any atom is -0.372 e. The lowest BCUT2D eigenvalue weighted by Crippen LogP contribution is -2.15. The van der Waals surface area contributed by atoms with Crippen LogP contribution in [0.3, 0.4) is 0 Å². The quantitative estimate of drug-likeness (QED) is 0.911. The van der Waals surface area contributed by atoms with E-state index in [9.17, 15) is 4.79 Å². The number of pyridine rings is 1. The van der Waals surface area contributed by atoms with E-state index in [2.05, 4.69) is 31.5 Å². The molecule has 1 heterocycles. The number of carbonyl (C=O) groups is 1. The van der Waals surface area contributed by atoms with Crippen LogP contribution in [0.2, 0.25) is 0 Å². The Kier molecular flexibility index (Phi) is 4.16. The van der Waals surface area contributed by atoms with Crippen molar-refractivity contribution in [3.63, 3.8) is 0 Å². The van der Waals surface area contributed by atoms with Crippen molar-refractivity contribution in [2.75, 3.05) is 17.7 Å². The van der Waals surface area contributed by atoms with E-state index in [1.165, 1.54) is 0 Å². The fraction of sp³-hybridized carbons (Fsp3) is 0.143. The van der Waals surface area contributed by atoms with Gasteiger partial charge >= 0.3 is 0 Å². The molecule has 19 heavy (non-hydrogen) atoms. The van der Waals surface area contributed by atoms with Gasteiger partial charge in [0.25, 0.3) is 5.91 Å². The molecule has 0 unspecified atom stereocenters. The molecule has 0 atom stereocenters. The van der Waals surface area contributed by atoms with Gasteiger partial charge in [0.05, 0.1) is 5.56 Å². The molecule has 0 aliphatic rings. The first-order valence-electron chi connectivity index (χ1n) is 5.82. The van der Waals surface area contributed by atoms with Crippen LogP contribution in [0.15, 0.2) is 41.0 Å². The minimum atomic E-state index is -0.188. The molecule has 1 aromatic heterocycles. The van der Waals surface area contributed by atoms with Crippen LogP contribution in [0.1, 0.15) is 15.9 Å². The molecule has 0 aliphatic heterocycles. The molecule has 0 aliphatic carbocycles. The number of para-hydroxylation sites is 1. The fourth-order valence-corrected chi connectivity index (χ4v) is 2.05. The summed E-state index contributed by atoms with van der Waals surface area (Å²) in [6, 6.07) is 9.39. The lowest BCUT2D eigenvalue weighted by Gasteiger charge is -2.11. The van der Waals surface area contributed by atoms with Crippen LogP contribution in [0, 0.1) is 6.92 Å². The smallest absolute Gasteiger partial charge is 0.259 e. The Balaban J connectivity index is 2.30. The summed E-state index contributed by atoms with van der Waals surface area (Å²) < 4.78 is 0.765. The number of amides is 1. The molecule has 0 bridgehead atoms. The largest absolute Gasteiger partial charge is 0.372 e. The standard InChI is InChI=1S/C14H14BrN3O/c1-9-5-3-4-6-12(9)18-14(19)11-7-10(15)8-17-13(11)16-2/h3-8H,1-2H3,(H,16,17)(H,18,19). The second-order valence-electron chi connectivity index (χ2n) is 4.07. The number of hydrogen-bond acceptors (Lipinski definition) is 3. The number of carbonyl (C=O) groups excluding carboxylic acids is 1. The van der Waals surface area contributed by atoms with E-state index < -0.39 is 0 Å². The first-order valence-corrected chi connectivity index (χ1v) is 6.61. The topological polar surface area (TPSA) is 54.0 Å². The van der Waals surface area contributed by atoms with E-state index >= 15 is 0 Å². The van der Waals surface area contributed by atoms with Gasteiger partial charge in [-0.25, -0.2) is 4.98 Å². The van der Waals surface area contributed by atoms with E-state index in [-0.39, 0.29) is 5.91 Å². The highest BCUT2D eigenvalue weighted by molar-refractivity contribution is 9.10. The van der Waals surface area contributed by atoms with Gasteiger partial charge in [0, 0.05) is 23.4 Å². The van der Waals surface area contributed by atoms with E-state index in [4.69, 9.17) is 0 Å². The molecule has 0 spiro atoms. The number of aromatic nitrogens is 1. The van der Waals surface area contributed by atoms with Crippen LogP contribution in [-0.2, 0) is 0 Å². The molecule has 5 heteroatoms. The normalized spacial score (nSPS) is 10.1. The number of benzene rings is 1. The Morgan fingerprint density at radius 3 is 2.74 bits per heavy atom. The summed E-state index contributed by atoms with van der Waals surface area (Å²) in [6.07, 6.45) is 1.65. The van der Waals surface area contributed by atoms with Crippen molar-refractivity contribution in [3.05, 3.63) is 52.1 Å². The lowest BCUT2D eigenvalue weighted by atomic mass is 10.2. The maximum Gasteiger partial charge on any atom is 0.259 e. The molecule has 0 fully saturated rings. The van der Waals surface area contributed by atoms with Crippen LogP contribution in [-0.4, -0.2) is 17.9 Å². The van der Waals surface area contributed by atoms with Gasteiger partial charge in [-0.3, -0.25) is 4.79 Å². The Morgan fingerprint density at radius 1 is 1.32 bits per heavy atom. The molecule has 0 saturated heterocycles. The number of halogens is 1. The summed E-state index contributed by atoms with van der Waals surface area (Å²) in [5.74, 6) is 0.363. The van der Waals surface area contributed by atoms with Crippen LogP contribution in [0.25, 0.3) is 0 Å². The van der Waals surface area contributed by atoms with Crippen molar-refractivity contribution in [3.8, 4) is 0 Å². The van der Waals surface area contributed by atoms with Gasteiger partial charge in [-0.2, -0.15) is 0 Å². The van der Waals surface area contributed by atoms with Gasteiger partial charge in [0.1, 0.15) is 5.82 Å². The second kappa shape index (κ2) is 5.84. The van der Waals surface area contributed by atoms with Crippen LogP contribution < -0.4 is 10.6 Å². The maximum absolute atomic E-state index is 12.3. The summed E-state index contributed by atoms with van der Waals surface area (Å²) in [5.41, 5.74) is 2.32. The van der Waals surface area contributed by atoms with Gasteiger partial charge in [0.2, 0.25) is 0 Å². The molecule has 2 N–H and O–H groups in total. The van der Waals surface area contributed by atoms with Crippen LogP contribution in [0.4, 0.5) is 11.5 Å². The van der Waals surface area contributed by atoms with E-state index in [0.717, 1.165) is 15.7 Å². The highest BCUT2D eigenvalue weighted by Crippen LogP contribution is 2.20. The zero-order chi connectivity index (χ0) is 13.8. The number of anilines is 2. The molecule has 1 amide bonds. The van der Waals surface area contributed by atoms with E-state index in [1.54, 1.807) is 19.3 Å². The average molecular weight is 320 g/mol. The molecular formula is C14H14BrN3O. The van der Waals surface area contributed by atoms with Gasteiger partial charge in [0.15, 0.2) is 0 Å². The zero-order valence-electron chi connectivity index (χ0n) is 10.7. The summed E-state index contributed by atoms with van der Waals surface area (Å²) in [7, 11) is 1.74. The van der Waals surface area contributed by atoms with Gasteiger partial charge in [-0.1, -0.05) is 18.2 Å². The van der Waals surface area contributed by atoms with Gasteiger partial charge in [-0.15, -0.1) is 0 Å². The number of hydrogen-bond donors (Lipinski definition) is 2. The average Bonchev–Trinajstić information content (AvgIpc) is 2.41. The Hall–Kier alpha value is -1.88. The SMILES string of the molecule is CNc1ncc(Br)cc1C(=O)Nc1ccccc1C. The number of nitrogens with zero attached hydrogens (tertiary/aromatic N) is 1. The van der Waals surface area contributed by atoms with Crippen molar-refractivity contribution in [1.82, 2.24) is 4.98 Å². The van der Waals surface area contributed by atoms with Crippen molar-refractivity contribution >= 4 is 33.3 Å². The van der Waals surface area contributed by atoms with Crippen molar-refractivity contribution in [1.29, 1.82) is 0 Å². The van der Waals surface area contributed by atoms with Gasteiger partial charge < -0.3 is 10.6 Å². The predicted molar refractivity (Wildman–Crippen MR) is 80.6 cm³/mol. The van der Waals surface area contributed by atoms with Crippen LogP contribution in [0.5, 0.6) is 0 Å². The first-order chi connectivity index (χ1) is 9.11. The molecule has 0 saturated carbocycles. The minimum absolute atomic E-state index is 0.188. The molecule has 4 nitrogen and oxygen atoms in total. The maximum atomic E-state index is 12.3. The third kappa shape index (κ3) is 3.12. The van der Waals surface area contributed by atoms with Crippen molar-refractivity contribution in [2.45, 2.75) is 6.92 Å². The highest BCUT2D eigenvalue weighted by atomic mass is 79.9. The molecular weight excluding hydrogens is 306 g/mol. The van der Waals surface area contributed by atoms with Crippen molar-refractivity contribution < 1.29 is 4.79 Å². The third-order valence-electron chi connectivity index (χ3n) is 2.73. The Bertz CT molecular complexity index is 613. The summed E-state index contributed by atoms with van der Waals surface area (Å²) >= 11 is 3.32. The van der Waals surface area contributed by atoms with Crippen LogP contribution >= 0.6 is 15.9 Å².